The molecule has 56 heavy (non-hydrogen) atoms. The number of likely N-dealkylation sites (tertiary alicyclic amines) is 1. The Balaban J connectivity index is 1.03. The van der Waals surface area contributed by atoms with Crippen molar-refractivity contribution >= 4 is 22.8 Å². The second-order valence-corrected chi connectivity index (χ2v) is 16.1. The average molecular weight is 748 g/mol. The zero-order chi connectivity index (χ0) is 39.4. The summed E-state index contributed by atoms with van der Waals surface area (Å²) in [5.74, 6) is 0.349. The normalized spacial score (nSPS) is 16.6. The average Bonchev–Trinajstić information content (AvgIpc) is 3.64. The van der Waals surface area contributed by atoms with E-state index >= 15 is 0 Å². The van der Waals surface area contributed by atoms with Gasteiger partial charge in [-0.25, -0.2) is 9.97 Å². The minimum Gasteiger partial charge on any atom is -0.382 e. The second kappa shape index (κ2) is 16.5. The number of nitrogens with two attached hydrogens (primary N) is 1. The summed E-state index contributed by atoms with van der Waals surface area (Å²) in [5.41, 5.74) is 18.5. The number of benzene rings is 2. The Hall–Kier alpha value is -5.74. The number of aromatic nitrogens is 5. The number of fused-ring (bicyclic) bond motifs is 1. The van der Waals surface area contributed by atoms with E-state index in [0.29, 0.717) is 30.1 Å². The highest BCUT2D eigenvalue weighted by Gasteiger charge is 2.35. The molecule has 0 bridgehead atoms. The molecule has 7 rings (SSSR count). The van der Waals surface area contributed by atoms with E-state index in [1.165, 1.54) is 16.7 Å². The lowest BCUT2D eigenvalue weighted by Crippen LogP contribution is -2.38. The Bertz CT molecular complexity index is 2300. The van der Waals surface area contributed by atoms with Gasteiger partial charge in [-0.1, -0.05) is 57.2 Å². The van der Waals surface area contributed by atoms with Crippen LogP contribution in [0.2, 0.25) is 0 Å². The number of aliphatic imine (C=N–C) groups is 1. The molecule has 0 saturated carbocycles. The number of pyridine rings is 2. The van der Waals surface area contributed by atoms with Crippen LogP contribution in [-0.2, 0) is 12.0 Å². The molecule has 1 aliphatic heterocycles. The summed E-state index contributed by atoms with van der Waals surface area (Å²) in [6, 6.07) is 24.8. The van der Waals surface area contributed by atoms with Crippen molar-refractivity contribution in [1.29, 1.82) is 0 Å². The molecular formula is C46H53N9O. The van der Waals surface area contributed by atoms with Crippen molar-refractivity contribution in [2.75, 3.05) is 13.1 Å². The largest absolute Gasteiger partial charge is 0.382 e. The van der Waals surface area contributed by atoms with E-state index < -0.39 is 0 Å². The number of hydrogen-bond donors (Lipinski definition) is 3. The van der Waals surface area contributed by atoms with Crippen LogP contribution in [0.4, 0.5) is 0 Å². The maximum atomic E-state index is 12.9. The van der Waals surface area contributed by atoms with Gasteiger partial charge in [-0.2, -0.15) is 0 Å². The molecule has 5 heterocycles. The number of piperidine rings is 1. The molecular weight excluding hydrogens is 695 g/mol. The predicted octanol–water partition coefficient (Wildman–Crippen LogP) is 8.63. The highest BCUT2D eigenvalue weighted by atomic mass is 16.1. The minimum absolute atomic E-state index is 0.0368. The second-order valence-electron chi connectivity index (χ2n) is 16.1. The van der Waals surface area contributed by atoms with E-state index in [0.717, 1.165) is 77.1 Å². The first kappa shape index (κ1) is 38.5. The van der Waals surface area contributed by atoms with Gasteiger partial charge in [0.1, 0.15) is 17.8 Å². The topological polar surface area (TPSA) is 138 Å². The molecule has 1 saturated heterocycles. The lowest BCUT2D eigenvalue weighted by atomic mass is 9.87. The number of aryl methyl sites for hydroxylation is 3. The number of rotatable bonds is 11. The Morgan fingerprint density at radius 3 is 2.18 bits per heavy atom. The molecule has 2 atom stereocenters. The summed E-state index contributed by atoms with van der Waals surface area (Å²) in [5, 5.41) is 3.95. The standard InChI is InChI=1S/C46H53N9O/c1-29-11-8-21-48-40(29)38-13-7-14-39(41-30(2)12-9-22-49-41)55(38)24-10-23-50-43(47)37-26-36-42(52-28-53-44(36)54-37)33-15-16-34(31(3)25-33)27-51-45(56)32-17-19-35(20-18-32)46(4,5)6/h8-9,11-12,15-22,25-26,28,38-39H,7,10,13-14,23-24,27H2,1-6H3,(H2,47,50)(H,51,56)(H,52,53,54)/t38-,39+. The summed E-state index contributed by atoms with van der Waals surface area (Å²) in [6.45, 7) is 14.7. The van der Waals surface area contributed by atoms with Crippen LogP contribution in [0, 0.1) is 20.8 Å². The third kappa shape index (κ3) is 8.40. The Morgan fingerprint density at radius 1 is 0.875 bits per heavy atom. The number of carbonyl (C=O) groups excluding carboxylic acids is 1. The highest BCUT2D eigenvalue weighted by Crippen LogP contribution is 2.42. The number of amides is 1. The van der Waals surface area contributed by atoms with Crippen LogP contribution in [-0.4, -0.2) is 54.7 Å². The Morgan fingerprint density at radius 2 is 1.55 bits per heavy atom. The number of aromatic amines is 1. The van der Waals surface area contributed by atoms with Gasteiger partial charge in [0, 0.05) is 48.5 Å². The van der Waals surface area contributed by atoms with Gasteiger partial charge in [-0.05, 0) is 116 Å². The van der Waals surface area contributed by atoms with Gasteiger partial charge in [0.05, 0.1) is 34.9 Å². The summed E-state index contributed by atoms with van der Waals surface area (Å²) in [6.07, 6.45) is 9.48. The first-order valence-corrected chi connectivity index (χ1v) is 19.7. The molecule has 0 aliphatic carbocycles. The van der Waals surface area contributed by atoms with E-state index in [9.17, 15) is 4.79 Å². The van der Waals surface area contributed by atoms with Crippen LogP contribution in [0.1, 0.15) is 114 Å². The number of nitrogens with zero attached hydrogens (tertiary/aromatic N) is 6. The maximum absolute atomic E-state index is 12.9. The summed E-state index contributed by atoms with van der Waals surface area (Å²) < 4.78 is 0. The van der Waals surface area contributed by atoms with Crippen molar-refractivity contribution in [2.45, 2.75) is 91.3 Å². The number of hydrogen-bond acceptors (Lipinski definition) is 7. The third-order valence-electron chi connectivity index (χ3n) is 11.1. The van der Waals surface area contributed by atoms with Gasteiger partial charge in [-0.15, -0.1) is 0 Å². The van der Waals surface area contributed by atoms with Gasteiger partial charge in [0.25, 0.3) is 5.91 Å². The molecule has 4 N–H and O–H groups in total. The maximum Gasteiger partial charge on any atom is 0.251 e. The van der Waals surface area contributed by atoms with E-state index in [2.05, 4.69) is 84.9 Å². The number of H-pyrrole nitrogens is 1. The van der Waals surface area contributed by atoms with Crippen LogP contribution < -0.4 is 11.1 Å². The summed E-state index contributed by atoms with van der Waals surface area (Å²) in [4.78, 5) is 42.6. The lowest BCUT2D eigenvalue weighted by Gasteiger charge is -2.42. The van der Waals surface area contributed by atoms with Crippen molar-refractivity contribution in [3.63, 3.8) is 0 Å². The van der Waals surface area contributed by atoms with Gasteiger partial charge in [-0.3, -0.25) is 24.7 Å². The fourth-order valence-electron chi connectivity index (χ4n) is 7.93. The van der Waals surface area contributed by atoms with Crippen molar-refractivity contribution in [3.05, 3.63) is 142 Å². The number of carbonyl (C=O) groups is 1. The molecule has 0 spiro atoms. The zero-order valence-electron chi connectivity index (χ0n) is 33.4. The van der Waals surface area contributed by atoms with Gasteiger partial charge in [0.2, 0.25) is 0 Å². The van der Waals surface area contributed by atoms with Crippen LogP contribution in [0.15, 0.2) is 96.5 Å². The molecule has 1 aliphatic rings. The smallest absolute Gasteiger partial charge is 0.251 e. The molecule has 1 fully saturated rings. The molecule has 10 nitrogen and oxygen atoms in total. The third-order valence-corrected chi connectivity index (χ3v) is 11.1. The fourth-order valence-corrected chi connectivity index (χ4v) is 7.93. The number of nitrogens with one attached hydrogen (secondary N) is 2. The predicted molar refractivity (Wildman–Crippen MR) is 225 cm³/mol. The molecule has 0 radical (unpaired) electrons. The van der Waals surface area contributed by atoms with Crippen LogP contribution >= 0.6 is 0 Å². The first-order valence-electron chi connectivity index (χ1n) is 19.7. The summed E-state index contributed by atoms with van der Waals surface area (Å²) in [7, 11) is 0. The van der Waals surface area contributed by atoms with Crippen molar-refractivity contribution < 1.29 is 4.79 Å². The van der Waals surface area contributed by atoms with Gasteiger partial charge in [0.15, 0.2) is 0 Å². The van der Waals surface area contributed by atoms with Gasteiger partial charge >= 0.3 is 0 Å². The van der Waals surface area contributed by atoms with Gasteiger partial charge < -0.3 is 16.0 Å². The van der Waals surface area contributed by atoms with Crippen LogP contribution in [0.5, 0.6) is 0 Å². The van der Waals surface area contributed by atoms with Crippen LogP contribution in [0.25, 0.3) is 22.3 Å². The fraction of sp³-hybridized carbons (Fsp3) is 0.348. The summed E-state index contributed by atoms with van der Waals surface area (Å²) >= 11 is 0. The zero-order valence-corrected chi connectivity index (χ0v) is 33.4. The van der Waals surface area contributed by atoms with Crippen molar-refractivity contribution in [3.8, 4) is 11.3 Å². The first-order chi connectivity index (χ1) is 27.0. The van der Waals surface area contributed by atoms with E-state index in [-0.39, 0.29) is 23.4 Å². The van der Waals surface area contributed by atoms with E-state index in [1.807, 2.05) is 67.0 Å². The lowest BCUT2D eigenvalue weighted by molar-refractivity contribution is 0.0756. The quantitative estimate of drug-likeness (QED) is 0.0686. The molecule has 4 aromatic heterocycles. The molecule has 0 unspecified atom stereocenters. The molecule has 288 valence electrons. The van der Waals surface area contributed by atoms with Crippen molar-refractivity contribution in [2.24, 2.45) is 10.7 Å². The Kier molecular flexibility index (Phi) is 11.4. The molecule has 2 aromatic carbocycles. The molecule has 6 aromatic rings. The van der Waals surface area contributed by atoms with Crippen molar-refractivity contribution in [1.82, 2.24) is 35.1 Å². The monoisotopic (exact) mass is 747 g/mol. The van der Waals surface area contributed by atoms with E-state index in [4.69, 9.17) is 20.7 Å². The Labute approximate surface area is 330 Å². The molecule has 10 heteroatoms. The number of amidine groups is 1. The van der Waals surface area contributed by atoms with E-state index in [1.54, 1.807) is 6.33 Å². The highest BCUT2D eigenvalue weighted by molar-refractivity contribution is 6.02. The minimum atomic E-state index is -0.0930. The van der Waals surface area contributed by atoms with Crippen LogP contribution in [0.3, 0.4) is 0 Å². The molecule has 1 amide bonds. The SMILES string of the molecule is Cc1cc(-c2ncnc3[nH]c(C(N)=NCCCN4[C@@H](c5ncccc5C)CCC[C@H]4c4ncccc4C)cc23)ccc1CNC(=O)c1ccc(C(C)(C)C)cc1.